The van der Waals surface area contributed by atoms with Crippen molar-refractivity contribution >= 4 is 33.6 Å². The molecule has 0 unspecified atom stereocenters. The lowest BCUT2D eigenvalue weighted by Gasteiger charge is -2.24. The number of nitrogens with two attached hydrogens (primary N) is 1. The Bertz CT molecular complexity index is 624. The maximum absolute atomic E-state index is 11.7. The third-order valence-electron chi connectivity index (χ3n) is 2.49. The highest BCUT2D eigenvalue weighted by Gasteiger charge is 2.26. The molecule has 0 bridgehead atoms. The minimum absolute atomic E-state index is 0.00750. The monoisotopic (exact) mass is 268 g/mol. The normalized spacial score (nSPS) is 16.2. The third kappa shape index (κ3) is 2.14. The summed E-state index contributed by atoms with van der Waals surface area (Å²) >= 11 is 0. The number of hydrogen-bond donors (Lipinski definition) is 2. The van der Waals surface area contributed by atoms with E-state index in [9.17, 15) is 13.2 Å². The van der Waals surface area contributed by atoms with Gasteiger partial charge in [0.1, 0.15) is 17.8 Å². The van der Waals surface area contributed by atoms with Crippen LogP contribution in [-0.4, -0.2) is 34.3 Å². The van der Waals surface area contributed by atoms with E-state index in [0.717, 1.165) is 6.34 Å². The number of hydrogen-bond acceptors (Lipinski definition) is 5. The summed E-state index contributed by atoms with van der Waals surface area (Å²) in [5.41, 5.74) is 6.28. The van der Waals surface area contributed by atoms with E-state index in [4.69, 9.17) is 5.73 Å². The number of nitrogen functional groups attached to an aromatic ring is 1. The first kappa shape index (κ1) is 12.4. The molecule has 0 spiro atoms. The van der Waals surface area contributed by atoms with Crippen LogP contribution in [0.15, 0.2) is 27.5 Å². The van der Waals surface area contributed by atoms with Gasteiger partial charge in [0, 0.05) is 12.7 Å². The van der Waals surface area contributed by atoms with Crippen LogP contribution >= 0.6 is 0 Å². The highest BCUT2D eigenvalue weighted by Crippen LogP contribution is 2.30. The van der Waals surface area contributed by atoms with Gasteiger partial charge in [-0.3, -0.25) is 4.79 Å². The lowest BCUT2D eigenvalue weighted by Crippen LogP contribution is -2.37. The largest absolute Gasteiger partial charge is 0.399 e. The second kappa shape index (κ2) is 4.30. The molecular formula is C10H12N4O3S. The highest BCUT2D eigenvalue weighted by molar-refractivity contribution is 7.90. The van der Waals surface area contributed by atoms with Crippen LogP contribution in [0.4, 0.5) is 11.4 Å². The molecule has 1 amide bonds. The zero-order valence-corrected chi connectivity index (χ0v) is 10.4. The molecule has 18 heavy (non-hydrogen) atoms. The Morgan fingerprint density at radius 2 is 2.22 bits per heavy atom. The number of fused-ring (bicyclic) bond motifs is 1. The van der Waals surface area contributed by atoms with Gasteiger partial charge >= 0.3 is 0 Å². The van der Waals surface area contributed by atoms with Crippen molar-refractivity contribution in [2.75, 3.05) is 24.2 Å². The minimum atomic E-state index is -3.72. The summed E-state index contributed by atoms with van der Waals surface area (Å²) in [7, 11) is -2.22. The Labute approximate surface area is 104 Å². The summed E-state index contributed by atoms with van der Waals surface area (Å²) in [4.78, 5) is 12.8. The molecule has 0 saturated carbocycles. The van der Waals surface area contributed by atoms with Crippen molar-refractivity contribution in [2.45, 2.75) is 4.90 Å². The van der Waals surface area contributed by atoms with E-state index in [1.54, 1.807) is 12.1 Å². The fraction of sp³-hybridized carbons (Fsp3) is 0.200. The molecule has 1 aromatic rings. The first-order chi connectivity index (χ1) is 8.44. The van der Waals surface area contributed by atoms with Gasteiger partial charge in [0.05, 0.1) is 5.69 Å². The second-order valence-electron chi connectivity index (χ2n) is 3.72. The topological polar surface area (TPSA) is 105 Å². The number of rotatable bonds is 2. The van der Waals surface area contributed by atoms with Gasteiger partial charge in [-0.15, -0.1) is 4.40 Å². The average Bonchev–Trinajstić information content (AvgIpc) is 2.33. The van der Waals surface area contributed by atoms with Gasteiger partial charge in [0.2, 0.25) is 5.91 Å². The summed E-state index contributed by atoms with van der Waals surface area (Å²) < 4.78 is 26.9. The van der Waals surface area contributed by atoms with Crippen LogP contribution in [0.2, 0.25) is 0 Å². The van der Waals surface area contributed by atoms with Crippen LogP contribution < -0.4 is 16.0 Å². The summed E-state index contributed by atoms with van der Waals surface area (Å²) in [6.45, 7) is -0.00750. The molecule has 0 aromatic heterocycles. The van der Waals surface area contributed by atoms with E-state index in [0.29, 0.717) is 11.4 Å². The van der Waals surface area contributed by atoms with Crippen LogP contribution in [-0.2, 0) is 14.8 Å². The van der Waals surface area contributed by atoms with E-state index >= 15 is 0 Å². The smallest absolute Gasteiger partial charge is 0.285 e. The van der Waals surface area contributed by atoms with Gasteiger partial charge in [0.15, 0.2) is 0 Å². The van der Waals surface area contributed by atoms with Crippen LogP contribution in [0.3, 0.4) is 0 Å². The number of carbonyl (C=O) groups excluding carboxylic acids is 1. The second-order valence-corrected chi connectivity index (χ2v) is 5.32. The minimum Gasteiger partial charge on any atom is -0.399 e. The van der Waals surface area contributed by atoms with Crippen molar-refractivity contribution in [1.82, 2.24) is 5.32 Å². The van der Waals surface area contributed by atoms with Gasteiger partial charge < -0.3 is 16.0 Å². The van der Waals surface area contributed by atoms with E-state index in [1.165, 1.54) is 18.0 Å². The summed E-state index contributed by atoms with van der Waals surface area (Å²) in [5, 5.41) is 2.46. The van der Waals surface area contributed by atoms with Crippen molar-refractivity contribution in [3.8, 4) is 0 Å². The zero-order chi connectivity index (χ0) is 13.3. The Hall–Kier alpha value is -2.09. The Morgan fingerprint density at radius 1 is 1.50 bits per heavy atom. The van der Waals surface area contributed by atoms with Crippen molar-refractivity contribution in [1.29, 1.82) is 0 Å². The first-order valence-electron chi connectivity index (χ1n) is 5.11. The van der Waals surface area contributed by atoms with Crippen molar-refractivity contribution in [3.05, 3.63) is 18.2 Å². The van der Waals surface area contributed by atoms with Gasteiger partial charge in [-0.1, -0.05) is 0 Å². The lowest BCUT2D eigenvalue weighted by molar-refractivity contribution is -0.119. The van der Waals surface area contributed by atoms with E-state index in [2.05, 4.69) is 9.71 Å². The molecule has 7 nitrogen and oxygen atoms in total. The molecule has 8 heteroatoms. The summed E-state index contributed by atoms with van der Waals surface area (Å²) in [6.07, 6.45) is 1.13. The van der Waals surface area contributed by atoms with Gasteiger partial charge in [-0.25, -0.2) is 0 Å². The number of amides is 1. The molecule has 1 heterocycles. The predicted molar refractivity (Wildman–Crippen MR) is 67.9 cm³/mol. The molecular weight excluding hydrogens is 256 g/mol. The molecule has 1 aliphatic rings. The van der Waals surface area contributed by atoms with Crippen LogP contribution in [0, 0.1) is 0 Å². The predicted octanol–water partition coefficient (Wildman–Crippen LogP) is -0.448. The highest BCUT2D eigenvalue weighted by atomic mass is 32.2. The van der Waals surface area contributed by atoms with Crippen LogP contribution in [0.5, 0.6) is 0 Å². The Kier molecular flexibility index (Phi) is 2.95. The molecule has 96 valence electrons. The number of sulfonamides is 1. The molecule has 3 N–H and O–H groups in total. The molecule has 2 rings (SSSR count). The van der Waals surface area contributed by atoms with E-state index in [1.807, 2.05) is 0 Å². The standard InChI is InChI=1S/C10H12N4O3S/c1-12-10(15)5-14-6-13-18(16,17)9-4-7(11)2-3-8(9)14/h2-4,6H,5,11H2,1H3,(H,12,15). The van der Waals surface area contributed by atoms with E-state index in [-0.39, 0.29) is 17.3 Å². The quantitative estimate of drug-likeness (QED) is 0.707. The van der Waals surface area contributed by atoms with Crippen molar-refractivity contribution in [3.63, 3.8) is 0 Å². The molecule has 0 saturated heterocycles. The molecule has 0 aliphatic carbocycles. The SMILES string of the molecule is CNC(=O)CN1C=NS(=O)(=O)c2cc(N)ccc21. The van der Waals surface area contributed by atoms with Gasteiger partial charge in [-0.2, -0.15) is 8.42 Å². The van der Waals surface area contributed by atoms with Crippen LogP contribution in [0.1, 0.15) is 0 Å². The Morgan fingerprint density at radius 3 is 2.89 bits per heavy atom. The summed E-state index contributed by atoms with van der Waals surface area (Å²) in [6, 6.07) is 4.46. The van der Waals surface area contributed by atoms with Gasteiger partial charge in [0.25, 0.3) is 10.0 Å². The van der Waals surface area contributed by atoms with E-state index < -0.39 is 10.0 Å². The molecule has 0 radical (unpaired) electrons. The number of carbonyl (C=O) groups is 1. The fourth-order valence-corrected chi connectivity index (χ4v) is 2.66. The number of anilines is 2. The number of likely N-dealkylation sites (N-methyl/N-ethyl adjacent to an activating group) is 1. The lowest BCUT2D eigenvalue weighted by atomic mass is 10.2. The first-order valence-corrected chi connectivity index (χ1v) is 6.55. The zero-order valence-electron chi connectivity index (χ0n) is 9.62. The molecule has 0 fully saturated rings. The molecule has 0 atom stereocenters. The Balaban J connectivity index is 2.48. The molecule has 1 aromatic carbocycles. The average molecular weight is 268 g/mol. The fourth-order valence-electron chi connectivity index (χ4n) is 1.57. The third-order valence-corrected chi connectivity index (χ3v) is 3.74. The number of nitrogens with zero attached hydrogens (tertiary/aromatic N) is 2. The number of benzene rings is 1. The van der Waals surface area contributed by atoms with Crippen molar-refractivity contribution < 1.29 is 13.2 Å². The van der Waals surface area contributed by atoms with Gasteiger partial charge in [-0.05, 0) is 18.2 Å². The van der Waals surface area contributed by atoms with Crippen LogP contribution in [0.25, 0.3) is 0 Å². The molecule has 1 aliphatic heterocycles. The maximum Gasteiger partial charge on any atom is 0.285 e. The summed E-state index contributed by atoms with van der Waals surface area (Å²) in [5.74, 6) is -0.247. The van der Waals surface area contributed by atoms with Crippen molar-refractivity contribution in [2.24, 2.45) is 4.40 Å². The number of nitrogens with one attached hydrogen (secondary N) is 1. The maximum atomic E-state index is 11.7.